The Hall–Kier alpha value is -3.07. The van der Waals surface area contributed by atoms with Gasteiger partial charge in [-0.05, 0) is 80.6 Å². The molecule has 2 amide bonds. The van der Waals surface area contributed by atoms with Gasteiger partial charge in [0.15, 0.2) is 0 Å². The van der Waals surface area contributed by atoms with Gasteiger partial charge in [0.2, 0.25) is 11.8 Å². The number of hydrogen-bond acceptors (Lipinski definition) is 4. The van der Waals surface area contributed by atoms with Crippen molar-refractivity contribution in [1.82, 2.24) is 10.2 Å². The van der Waals surface area contributed by atoms with Crippen molar-refractivity contribution in [3.05, 3.63) is 93.0 Å². The summed E-state index contributed by atoms with van der Waals surface area (Å²) < 4.78 is 29.3. The van der Waals surface area contributed by atoms with E-state index in [4.69, 9.17) is 23.2 Å². The highest BCUT2D eigenvalue weighted by molar-refractivity contribution is 7.92. The summed E-state index contributed by atoms with van der Waals surface area (Å²) in [7, 11) is -4.15. The third-order valence-electron chi connectivity index (χ3n) is 7.02. The average molecular weight is 619 g/mol. The largest absolute Gasteiger partial charge is 0.354 e. The molecule has 0 aliphatic carbocycles. The summed E-state index contributed by atoms with van der Waals surface area (Å²) >= 11 is 12.6. The number of anilines is 1. The van der Waals surface area contributed by atoms with Gasteiger partial charge in [-0.2, -0.15) is 0 Å². The zero-order chi connectivity index (χ0) is 30.3. The standard InChI is InChI=1S/C31H37Cl2N3O4S/c1-6-17-34-31(38)28(7-2)35(19-24-13-14-25(32)18-27(24)33)30(37)20-36(29-10-8-9-22(4)23(29)5)41(39,40)26-15-11-21(3)12-16-26/h8-16,18,28H,6-7,17,19-20H2,1-5H3,(H,34,38)/t28-/m0/s1. The molecule has 0 unspecified atom stereocenters. The van der Waals surface area contributed by atoms with Crippen LogP contribution in [-0.2, 0) is 26.2 Å². The number of carbonyl (C=O) groups excluding carboxylic acids is 2. The second kappa shape index (κ2) is 14.2. The summed E-state index contributed by atoms with van der Waals surface area (Å²) in [4.78, 5) is 28.9. The molecule has 0 bridgehead atoms. The summed E-state index contributed by atoms with van der Waals surface area (Å²) in [5, 5.41) is 3.66. The highest BCUT2D eigenvalue weighted by Crippen LogP contribution is 2.30. The minimum Gasteiger partial charge on any atom is -0.354 e. The van der Waals surface area contributed by atoms with Gasteiger partial charge in [-0.3, -0.25) is 13.9 Å². The van der Waals surface area contributed by atoms with Gasteiger partial charge >= 0.3 is 0 Å². The lowest BCUT2D eigenvalue weighted by atomic mass is 10.1. The molecule has 0 heterocycles. The zero-order valence-electron chi connectivity index (χ0n) is 24.1. The van der Waals surface area contributed by atoms with Crippen molar-refractivity contribution in [1.29, 1.82) is 0 Å². The molecule has 10 heteroatoms. The Labute approximate surface area is 253 Å². The van der Waals surface area contributed by atoms with Gasteiger partial charge in [0.25, 0.3) is 10.0 Å². The molecular weight excluding hydrogens is 581 g/mol. The minimum atomic E-state index is -4.15. The molecule has 0 spiro atoms. The SMILES string of the molecule is CCCNC(=O)[C@H](CC)N(Cc1ccc(Cl)cc1Cl)C(=O)CN(c1cccc(C)c1C)S(=O)(=O)c1ccc(C)cc1. The van der Waals surface area contributed by atoms with E-state index in [1.807, 2.05) is 40.7 Å². The minimum absolute atomic E-state index is 0.00188. The predicted octanol–water partition coefficient (Wildman–Crippen LogP) is 6.45. The van der Waals surface area contributed by atoms with E-state index in [9.17, 15) is 18.0 Å². The first-order chi connectivity index (χ1) is 19.4. The monoisotopic (exact) mass is 617 g/mol. The number of nitrogens with one attached hydrogen (secondary N) is 1. The Bertz CT molecular complexity index is 1490. The molecule has 3 aromatic rings. The van der Waals surface area contributed by atoms with Crippen LogP contribution < -0.4 is 9.62 Å². The molecule has 41 heavy (non-hydrogen) atoms. The molecule has 3 rings (SSSR count). The maximum absolute atomic E-state index is 14.2. The third kappa shape index (κ3) is 7.82. The molecule has 1 N–H and O–H groups in total. The van der Waals surface area contributed by atoms with E-state index in [1.54, 1.807) is 42.5 Å². The molecule has 0 aliphatic heterocycles. The smallest absolute Gasteiger partial charge is 0.264 e. The van der Waals surface area contributed by atoms with E-state index in [2.05, 4.69) is 5.32 Å². The van der Waals surface area contributed by atoms with Gasteiger partial charge in [0.1, 0.15) is 12.6 Å². The number of amides is 2. The number of hydrogen-bond donors (Lipinski definition) is 1. The second-order valence-electron chi connectivity index (χ2n) is 10.0. The Morgan fingerprint density at radius 2 is 1.63 bits per heavy atom. The molecule has 220 valence electrons. The van der Waals surface area contributed by atoms with Crippen molar-refractivity contribution in [2.24, 2.45) is 0 Å². The van der Waals surface area contributed by atoms with Crippen LogP contribution >= 0.6 is 23.2 Å². The maximum atomic E-state index is 14.2. The summed E-state index contributed by atoms with van der Waals surface area (Å²) in [6, 6.07) is 15.9. The third-order valence-corrected chi connectivity index (χ3v) is 9.38. The van der Waals surface area contributed by atoms with Crippen molar-refractivity contribution in [2.45, 2.75) is 64.9 Å². The van der Waals surface area contributed by atoms with Crippen molar-refractivity contribution in [3.63, 3.8) is 0 Å². The molecule has 0 aliphatic rings. The van der Waals surface area contributed by atoms with Crippen LogP contribution in [0.5, 0.6) is 0 Å². The van der Waals surface area contributed by atoms with E-state index in [0.717, 1.165) is 27.4 Å². The molecule has 0 saturated heterocycles. The fourth-order valence-corrected chi connectivity index (χ4v) is 6.42. The number of rotatable bonds is 12. The maximum Gasteiger partial charge on any atom is 0.264 e. The fourth-order valence-electron chi connectivity index (χ4n) is 4.48. The first-order valence-electron chi connectivity index (χ1n) is 13.6. The molecule has 0 aromatic heterocycles. The van der Waals surface area contributed by atoms with Crippen molar-refractivity contribution < 1.29 is 18.0 Å². The summed E-state index contributed by atoms with van der Waals surface area (Å²) in [5.41, 5.74) is 3.51. The molecule has 1 atom stereocenters. The summed E-state index contributed by atoms with van der Waals surface area (Å²) in [6.07, 6.45) is 1.05. The summed E-state index contributed by atoms with van der Waals surface area (Å²) in [5.74, 6) is -0.849. The van der Waals surface area contributed by atoms with E-state index in [0.29, 0.717) is 34.3 Å². The van der Waals surface area contributed by atoms with E-state index >= 15 is 0 Å². The number of sulfonamides is 1. The van der Waals surface area contributed by atoms with Crippen molar-refractivity contribution in [2.75, 3.05) is 17.4 Å². The Kier molecular flexibility index (Phi) is 11.2. The van der Waals surface area contributed by atoms with Gasteiger partial charge in [0.05, 0.1) is 10.6 Å². The number of carbonyl (C=O) groups is 2. The Morgan fingerprint density at radius 1 is 0.951 bits per heavy atom. The normalized spacial score (nSPS) is 12.1. The lowest BCUT2D eigenvalue weighted by Crippen LogP contribution is -2.52. The van der Waals surface area contributed by atoms with Crippen LogP contribution in [0.4, 0.5) is 5.69 Å². The number of benzene rings is 3. The van der Waals surface area contributed by atoms with E-state index in [1.165, 1.54) is 17.0 Å². The molecular formula is C31H37Cl2N3O4S. The Morgan fingerprint density at radius 3 is 2.24 bits per heavy atom. The quantitative estimate of drug-likeness (QED) is 0.253. The van der Waals surface area contributed by atoms with Crippen LogP contribution in [0.25, 0.3) is 0 Å². The van der Waals surface area contributed by atoms with Gasteiger partial charge in [-0.25, -0.2) is 8.42 Å². The lowest BCUT2D eigenvalue weighted by Gasteiger charge is -2.34. The molecule has 0 saturated carbocycles. The van der Waals surface area contributed by atoms with Crippen LogP contribution in [0.15, 0.2) is 65.6 Å². The van der Waals surface area contributed by atoms with Crippen LogP contribution in [-0.4, -0.2) is 44.3 Å². The highest BCUT2D eigenvalue weighted by atomic mass is 35.5. The average Bonchev–Trinajstić information content (AvgIpc) is 2.93. The molecule has 0 fully saturated rings. The van der Waals surface area contributed by atoms with Crippen LogP contribution in [0.1, 0.15) is 48.9 Å². The van der Waals surface area contributed by atoms with Crippen LogP contribution in [0.3, 0.4) is 0 Å². The molecule has 0 radical (unpaired) electrons. The number of nitrogens with zero attached hydrogens (tertiary/aromatic N) is 2. The van der Waals surface area contributed by atoms with Gasteiger partial charge in [-0.1, -0.05) is 72.9 Å². The Balaban J connectivity index is 2.12. The van der Waals surface area contributed by atoms with E-state index in [-0.39, 0.29) is 17.3 Å². The van der Waals surface area contributed by atoms with Crippen LogP contribution in [0, 0.1) is 20.8 Å². The summed E-state index contributed by atoms with van der Waals surface area (Å²) in [6.45, 7) is 9.27. The second-order valence-corrected chi connectivity index (χ2v) is 12.7. The number of halogens is 2. The topological polar surface area (TPSA) is 86.8 Å². The van der Waals surface area contributed by atoms with Gasteiger partial charge in [0, 0.05) is 23.1 Å². The van der Waals surface area contributed by atoms with E-state index < -0.39 is 28.5 Å². The molecule has 7 nitrogen and oxygen atoms in total. The molecule has 3 aromatic carbocycles. The van der Waals surface area contributed by atoms with Gasteiger partial charge in [-0.15, -0.1) is 0 Å². The highest BCUT2D eigenvalue weighted by Gasteiger charge is 2.34. The van der Waals surface area contributed by atoms with Crippen molar-refractivity contribution in [3.8, 4) is 0 Å². The number of aryl methyl sites for hydroxylation is 2. The zero-order valence-corrected chi connectivity index (χ0v) is 26.4. The first-order valence-corrected chi connectivity index (χ1v) is 15.8. The van der Waals surface area contributed by atoms with Crippen molar-refractivity contribution >= 4 is 50.7 Å². The van der Waals surface area contributed by atoms with Gasteiger partial charge < -0.3 is 10.2 Å². The first kappa shape index (κ1) is 32.4. The fraction of sp³-hybridized carbons (Fsp3) is 0.355. The van der Waals surface area contributed by atoms with Crippen LogP contribution in [0.2, 0.25) is 10.0 Å². The predicted molar refractivity (Wildman–Crippen MR) is 166 cm³/mol. The lowest BCUT2D eigenvalue weighted by molar-refractivity contribution is -0.140.